The van der Waals surface area contributed by atoms with Gasteiger partial charge in [0.25, 0.3) is 0 Å². The van der Waals surface area contributed by atoms with Gasteiger partial charge in [-0.25, -0.2) is 13.2 Å². The van der Waals surface area contributed by atoms with Crippen molar-refractivity contribution in [2.45, 2.75) is 6.92 Å². The summed E-state index contributed by atoms with van der Waals surface area (Å²) in [6.07, 6.45) is 1.39. The molecule has 1 nitrogen and oxygen atoms in total. The first-order valence-corrected chi connectivity index (χ1v) is 8.09. The van der Waals surface area contributed by atoms with E-state index in [9.17, 15) is 13.2 Å². The average Bonchev–Trinajstić information content (AvgIpc) is 2.61. The van der Waals surface area contributed by atoms with Crippen LogP contribution in [0.1, 0.15) is 5.56 Å². The molecule has 0 atom stereocenters. The molecule has 0 saturated heterocycles. The molecule has 0 aliphatic heterocycles. The van der Waals surface area contributed by atoms with Crippen LogP contribution < -0.4 is 4.74 Å². The van der Waals surface area contributed by atoms with Gasteiger partial charge in [0.1, 0.15) is 12.4 Å². The van der Waals surface area contributed by atoms with E-state index >= 15 is 0 Å². The molecule has 3 aromatic rings. The number of halogens is 3. The number of benzene rings is 3. The Kier molecular flexibility index (Phi) is 5.12. The van der Waals surface area contributed by atoms with Gasteiger partial charge in [-0.3, -0.25) is 0 Å². The van der Waals surface area contributed by atoms with Gasteiger partial charge in [-0.15, -0.1) is 0 Å². The molecule has 0 aliphatic carbocycles. The minimum absolute atomic E-state index is 0.0210. The lowest BCUT2D eigenvalue weighted by atomic mass is 9.99. The summed E-state index contributed by atoms with van der Waals surface area (Å²) in [6, 6.07) is 14.4. The molecule has 0 fully saturated rings. The summed E-state index contributed by atoms with van der Waals surface area (Å²) in [6.45, 7) is 5.38. The first kappa shape index (κ1) is 17.8. The number of hydrogen-bond acceptors (Lipinski definition) is 1. The van der Waals surface area contributed by atoms with Gasteiger partial charge in [0.15, 0.2) is 17.4 Å². The van der Waals surface area contributed by atoms with E-state index in [1.54, 1.807) is 6.07 Å². The van der Waals surface area contributed by atoms with Crippen LogP contribution in [0.15, 0.2) is 67.3 Å². The molecule has 0 spiro atoms. The molecule has 0 radical (unpaired) electrons. The lowest BCUT2D eigenvalue weighted by Crippen LogP contribution is -1.99. The van der Waals surface area contributed by atoms with E-state index in [-0.39, 0.29) is 17.7 Å². The predicted molar refractivity (Wildman–Crippen MR) is 97.6 cm³/mol. The molecule has 0 saturated carbocycles. The third kappa shape index (κ3) is 3.64. The zero-order valence-corrected chi connectivity index (χ0v) is 14.2. The van der Waals surface area contributed by atoms with Gasteiger partial charge in [0.2, 0.25) is 0 Å². The summed E-state index contributed by atoms with van der Waals surface area (Å²) < 4.78 is 47.8. The van der Waals surface area contributed by atoms with E-state index in [2.05, 4.69) is 6.58 Å². The Balaban J connectivity index is 1.97. The minimum atomic E-state index is -0.885. The Morgan fingerprint density at radius 2 is 1.38 bits per heavy atom. The molecule has 0 unspecified atom stereocenters. The van der Waals surface area contributed by atoms with Crippen LogP contribution in [0, 0.1) is 24.4 Å². The normalized spacial score (nSPS) is 10.6. The fourth-order valence-electron chi connectivity index (χ4n) is 2.67. The van der Waals surface area contributed by atoms with Gasteiger partial charge in [-0.1, -0.05) is 54.6 Å². The second-order valence-corrected chi connectivity index (χ2v) is 5.93. The molecule has 4 heteroatoms. The maximum atomic E-state index is 14.6. The van der Waals surface area contributed by atoms with Crippen molar-refractivity contribution in [3.8, 4) is 28.0 Å². The molecule has 0 N–H and O–H groups in total. The number of ether oxygens (including phenoxy) is 1. The zero-order valence-electron chi connectivity index (χ0n) is 14.2. The maximum Gasteiger partial charge on any atom is 0.191 e. The van der Waals surface area contributed by atoms with Crippen molar-refractivity contribution in [2.75, 3.05) is 6.61 Å². The van der Waals surface area contributed by atoms with E-state index in [1.165, 1.54) is 18.2 Å². The standard InChI is InChI=1S/C22H17F3O/c1-3-10-26-22-20(24)12-17(13-21(22)25)18-9-8-16(11-19(18)23)15-6-4-14(2)5-7-15/h3-9,11-13H,1,10H2,2H3. The molecule has 0 bridgehead atoms. The van der Waals surface area contributed by atoms with E-state index in [0.717, 1.165) is 23.3 Å². The number of hydrogen-bond donors (Lipinski definition) is 0. The maximum absolute atomic E-state index is 14.6. The molecule has 0 amide bonds. The van der Waals surface area contributed by atoms with Crippen LogP contribution >= 0.6 is 0 Å². The van der Waals surface area contributed by atoms with Crippen molar-refractivity contribution < 1.29 is 17.9 Å². The largest absolute Gasteiger partial charge is 0.483 e. The van der Waals surface area contributed by atoms with Crippen molar-refractivity contribution >= 4 is 0 Å². The summed E-state index contributed by atoms with van der Waals surface area (Å²) in [4.78, 5) is 0. The molecule has 0 aromatic heterocycles. The highest BCUT2D eigenvalue weighted by atomic mass is 19.1. The number of rotatable bonds is 5. The van der Waals surface area contributed by atoms with Crippen LogP contribution in [0.25, 0.3) is 22.3 Å². The van der Waals surface area contributed by atoms with Gasteiger partial charge >= 0.3 is 0 Å². The first-order valence-electron chi connectivity index (χ1n) is 8.09. The minimum Gasteiger partial charge on any atom is -0.483 e. The Labute approximate surface area is 150 Å². The van der Waals surface area contributed by atoms with Crippen molar-refractivity contribution in [1.29, 1.82) is 0 Å². The molecule has 3 aromatic carbocycles. The molecule has 0 heterocycles. The number of aryl methyl sites for hydroxylation is 1. The molecule has 3 rings (SSSR count). The molecular weight excluding hydrogens is 337 g/mol. The van der Waals surface area contributed by atoms with Crippen LogP contribution in [0.5, 0.6) is 5.75 Å². The van der Waals surface area contributed by atoms with E-state index in [1.807, 2.05) is 31.2 Å². The fourth-order valence-corrected chi connectivity index (χ4v) is 2.67. The molecule has 0 aliphatic rings. The van der Waals surface area contributed by atoms with Gasteiger partial charge < -0.3 is 4.74 Å². The Morgan fingerprint density at radius 3 is 1.96 bits per heavy atom. The van der Waals surface area contributed by atoms with Gasteiger partial charge in [0, 0.05) is 5.56 Å². The van der Waals surface area contributed by atoms with E-state index in [4.69, 9.17) is 4.74 Å². The van der Waals surface area contributed by atoms with E-state index < -0.39 is 23.2 Å². The van der Waals surface area contributed by atoms with Crippen molar-refractivity contribution in [3.05, 3.63) is 90.3 Å². The third-order valence-electron chi connectivity index (χ3n) is 4.01. The SMILES string of the molecule is C=CCOc1c(F)cc(-c2ccc(-c3ccc(C)cc3)cc2F)cc1F. The monoisotopic (exact) mass is 354 g/mol. The lowest BCUT2D eigenvalue weighted by Gasteiger charge is -2.11. The third-order valence-corrected chi connectivity index (χ3v) is 4.01. The molecule has 26 heavy (non-hydrogen) atoms. The smallest absolute Gasteiger partial charge is 0.191 e. The van der Waals surface area contributed by atoms with Gasteiger partial charge in [-0.2, -0.15) is 0 Å². The second kappa shape index (κ2) is 7.48. The Hall–Kier alpha value is -3.01. The quantitative estimate of drug-likeness (QED) is 0.488. The fraction of sp³-hybridized carbons (Fsp3) is 0.0909. The average molecular weight is 354 g/mol. The highest BCUT2D eigenvalue weighted by molar-refractivity contribution is 5.71. The van der Waals surface area contributed by atoms with Crippen molar-refractivity contribution in [2.24, 2.45) is 0 Å². The molecular formula is C22H17F3O. The summed E-state index contributed by atoms with van der Waals surface area (Å²) in [5, 5.41) is 0. The summed E-state index contributed by atoms with van der Waals surface area (Å²) in [7, 11) is 0. The summed E-state index contributed by atoms with van der Waals surface area (Å²) >= 11 is 0. The van der Waals surface area contributed by atoms with Gasteiger partial charge in [0.05, 0.1) is 0 Å². The van der Waals surface area contributed by atoms with E-state index in [0.29, 0.717) is 5.56 Å². The van der Waals surface area contributed by atoms with Crippen molar-refractivity contribution in [1.82, 2.24) is 0 Å². The topological polar surface area (TPSA) is 9.23 Å². The van der Waals surface area contributed by atoms with Crippen molar-refractivity contribution in [3.63, 3.8) is 0 Å². The highest BCUT2D eigenvalue weighted by Gasteiger charge is 2.15. The van der Waals surface area contributed by atoms with Gasteiger partial charge in [-0.05, 0) is 41.8 Å². The Bertz CT molecular complexity index is 923. The summed E-state index contributed by atoms with van der Waals surface area (Å²) in [5.41, 5.74) is 2.90. The van der Waals surface area contributed by atoms with Crippen LogP contribution in [0.4, 0.5) is 13.2 Å². The first-order chi connectivity index (χ1) is 12.5. The second-order valence-electron chi connectivity index (χ2n) is 5.93. The predicted octanol–water partition coefficient (Wildman–Crippen LogP) is 6.31. The van der Waals surface area contributed by atoms with Crippen LogP contribution in [0.2, 0.25) is 0 Å². The molecule has 132 valence electrons. The van der Waals surface area contributed by atoms with Crippen LogP contribution in [-0.2, 0) is 0 Å². The lowest BCUT2D eigenvalue weighted by molar-refractivity contribution is 0.321. The zero-order chi connectivity index (χ0) is 18.7. The summed E-state index contributed by atoms with van der Waals surface area (Å²) in [5.74, 6) is -2.82. The van der Waals surface area contributed by atoms with Crippen LogP contribution in [-0.4, -0.2) is 6.61 Å². The highest BCUT2D eigenvalue weighted by Crippen LogP contribution is 2.32. The Morgan fingerprint density at radius 1 is 0.808 bits per heavy atom. The van der Waals surface area contributed by atoms with Crippen LogP contribution in [0.3, 0.4) is 0 Å².